The summed E-state index contributed by atoms with van der Waals surface area (Å²) in [6.07, 6.45) is -3.29. The van der Waals surface area contributed by atoms with E-state index in [-0.39, 0.29) is 17.7 Å². The Morgan fingerprint density at radius 3 is 2.42 bits per heavy atom. The van der Waals surface area contributed by atoms with Crippen LogP contribution in [-0.4, -0.2) is 55.0 Å². The molecule has 1 unspecified atom stereocenters. The summed E-state index contributed by atoms with van der Waals surface area (Å²) < 4.78 is 40.8. The average molecular weight is 282 g/mol. The van der Waals surface area contributed by atoms with Crippen molar-refractivity contribution < 1.29 is 17.9 Å². The minimum absolute atomic E-state index is 0.0152. The van der Waals surface area contributed by atoms with Crippen LogP contribution < -0.4 is 5.32 Å². The summed E-state index contributed by atoms with van der Waals surface area (Å²) in [5, 5.41) is 3.48. The summed E-state index contributed by atoms with van der Waals surface area (Å²) in [6, 6.07) is 0. The number of hydrogen-bond donors (Lipinski definition) is 1. The molecular formula is C13H25F3N2O. The lowest BCUT2D eigenvalue weighted by Crippen LogP contribution is -2.67. The first-order valence-electron chi connectivity index (χ1n) is 6.73. The van der Waals surface area contributed by atoms with Crippen LogP contribution in [0.25, 0.3) is 0 Å². The topological polar surface area (TPSA) is 24.5 Å². The van der Waals surface area contributed by atoms with Gasteiger partial charge in [0.25, 0.3) is 0 Å². The first-order chi connectivity index (χ1) is 8.58. The maximum absolute atomic E-state index is 12.0. The summed E-state index contributed by atoms with van der Waals surface area (Å²) in [5.41, 5.74) is -0.0319. The normalized spacial score (nSPS) is 28.6. The van der Waals surface area contributed by atoms with Crippen LogP contribution in [0.4, 0.5) is 13.2 Å². The van der Waals surface area contributed by atoms with Crippen LogP contribution in [0.1, 0.15) is 34.1 Å². The van der Waals surface area contributed by atoms with Crippen molar-refractivity contribution in [3.05, 3.63) is 0 Å². The molecule has 1 N–H and O–H groups in total. The third-order valence-electron chi connectivity index (χ3n) is 3.83. The summed E-state index contributed by atoms with van der Waals surface area (Å²) >= 11 is 0. The zero-order valence-corrected chi connectivity index (χ0v) is 12.2. The van der Waals surface area contributed by atoms with Crippen molar-refractivity contribution in [2.45, 2.75) is 51.4 Å². The lowest BCUT2D eigenvalue weighted by molar-refractivity contribution is -0.175. The van der Waals surface area contributed by atoms with E-state index >= 15 is 0 Å². The van der Waals surface area contributed by atoms with Crippen LogP contribution in [0.15, 0.2) is 0 Å². The molecule has 1 heterocycles. The van der Waals surface area contributed by atoms with E-state index in [4.69, 9.17) is 4.74 Å². The smallest absolute Gasteiger partial charge is 0.371 e. The van der Waals surface area contributed by atoms with Gasteiger partial charge in [0.1, 0.15) is 6.61 Å². The molecule has 0 aromatic heterocycles. The van der Waals surface area contributed by atoms with Crippen LogP contribution in [0, 0.1) is 0 Å². The highest BCUT2D eigenvalue weighted by Gasteiger charge is 2.39. The van der Waals surface area contributed by atoms with Crippen molar-refractivity contribution in [2.75, 3.05) is 32.8 Å². The van der Waals surface area contributed by atoms with Gasteiger partial charge in [0.15, 0.2) is 0 Å². The fraction of sp³-hybridized carbons (Fsp3) is 1.00. The molecule has 1 fully saturated rings. The van der Waals surface area contributed by atoms with Gasteiger partial charge in [-0.3, -0.25) is 4.90 Å². The van der Waals surface area contributed by atoms with E-state index in [1.807, 2.05) is 0 Å². The molecule has 1 aliphatic rings. The lowest BCUT2D eigenvalue weighted by atomic mass is 9.88. The Bertz CT molecular complexity index is 294. The van der Waals surface area contributed by atoms with Crippen LogP contribution in [0.5, 0.6) is 0 Å². The summed E-state index contributed by atoms with van der Waals surface area (Å²) in [5.74, 6) is 0. The van der Waals surface area contributed by atoms with Crippen LogP contribution in [0.3, 0.4) is 0 Å². The number of piperazine rings is 1. The summed E-state index contributed by atoms with van der Waals surface area (Å²) in [7, 11) is 0. The van der Waals surface area contributed by atoms with E-state index in [2.05, 4.69) is 37.9 Å². The molecule has 1 aliphatic heterocycles. The number of ether oxygens (including phenoxy) is 1. The van der Waals surface area contributed by atoms with Crippen molar-refractivity contribution in [3.63, 3.8) is 0 Å². The summed E-state index contributed by atoms with van der Waals surface area (Å²) in [4.78, 5) is 2.24. The molecule has 114 valence electrons. The molecule has 0 bridgehead atoms. The monoisotopic (exact) mass is 282 g/mol. The van der Waals surface area contributed by atoms with E-state index in [1.165, 1.54) is 0 Å². The molecule has 0 aromatic rings. The predicted molar refractivity (Wildman–Crippen MR) is 69.2 cm³/mol. The molecule has 1 rings (SSSR count). The van der Waals surface area contributed by atoms with E-state index in [9.17, 15) is 13.2 Å². The minimum Gasteiger partial charge on any atom is -0.371 e. The van der Waals surface area contributed by atoms with E-state index < -0.39 is 12.8 Å². The minimum atomic E-state index is -4.24. The van der Waals surface area contributed by atoms with Gasteiger partial charge in [-0.1, -0.05) is 6.92 Å². The number of alkyl halides is 3. The third-order valence-corrected chi connectivity index (χ3v) is 3.83. The van der Waals surface area contributed by atoms with Gasteiger partial charge in [-0.15, -0.1) is 0 Å². The Morgan fingerprint density at radius 2 is 1.89 bits per heavy atom. The molecule has 0 radical (unpaired) electrons. The molecule has 0 aliphatic carbocycles. The lowest BCUT2D eigenvalue weighted by Gasteiger charge is -2.51. The maximum atomic E-state index is 12.0. The first-order valence-corrected chi connectivity index (χ1v) is 6.73. The van der Waals surface area contributed by atoms with Crippen molar-refractivity contribution in [2.24, 2.45) is 0 Å². The van der Waals surface area contributed by atoms with Crippen molar-refractivity contribution in [1.82, 2.24) is 10.2 Å². The second-order valence-electron chi connectivity index (χ2n) is 6.18. The van der Waals surface area contributed by atoms with E-state index in [0.717, 1.165) is 19.5 Å². The molecule has 0 amide bonds. The van der Waals surface area contributed by atoms with Gasteiger partial charge in [0, 0.05) is 30.7 Å². The number of hydrogen-bond acceptors (Lipinski definition) is 3. The highest BCUT2D eigenvalue weighted by Crippen LogP contribution is 2.26. The van der Waals surface area contributed by atoms with Crippen molar-refractivity contribution >= 4 is 0 Å². The zero-order valence-electron chi connectivity index (χ0n) is 12.2. The fourth-order valence-corrected chi connectivity index (χ4v) is 2.33. The van der Waals surface area contributed by atoms with Crippen molar-refractivity contribution in [3.8, 4) is 0 Å². The largest absolute Gasteiger partial charge is 0.411 e. The second kappa shape index (κ2) is 5.97. The number of halogens is 3. The van der Waals surface area contributed by atoms with E-state index in [1.54, 1.807) is 0 Å². The number of nitrogens with zero attached hydrogens (tertiary/aromatic N) is 1. The van der Waals surface area contributed by atoms with E-state index in [0.29, 0.717) is 6.54 Å². The Balaban J connectivity index is 2.47. The van der Waals surface area contributed by atoms with Gasteiger partial charge >= 0.3 is 6.18 Å². The van der Waals surface area contributed by atoms with Gasteiger partial charge in [0.05, 0.1) is 6.61 Å². The Labute approximate surface area is 113 Å². The quantitative estimate of drug-likeness (QED) is 0.784. The first kappa shape index (κ1) is 16.7. The molecular weight excluding hydrogens is 257 g/mol. The zero-order chi connectivity index (χ0) is 14.7. The van der Waals surface area contributed by atoms with Gasteiger partial charge < -0.3 is 10.1 Å². The molecule has 0 saturated carbocycles. The van der Waals surface area contributed by atoms with Gasteiger partial charge in [-0.05, 0) is 27.2 Å². The SMILES string of the molecule is CCC1(C)CNC(C)(C)CN1CCOCC(F)(F)F. The molecule has 6 heteroatoms. The Morgan fingerprint density at radius 1 is 1.26 bits per heavy atom. The molecule has 0 aromatic carbocycles. The highest BCUT2D eigenvalue weighted by atomic mass is 19.4. The third kappa shape index (κ3) is 5.28. The standard InChI is InChI=1S/C13H25F3N2O/c1-5-12(4)8-17-11(2,3)9-18(12)6-7-19-10-13(14,15)16/h17H,5-10H2,1-4H3. The molecule has 1 atom stereocenters. The van der Waals surface area contributed by atoms with Gasteiger partial charge in [0.2, 0.25) is 0 Å². The Kier molecular flexibility index (Phi) is 5.26. The average Bonchev–Trinajstić information content (AvgIpc) is 2.28. The van der Waals surface area contributed by atoms with Crippen LogP contribution >= 0.6 is 0 Å². The fourth-order valence-electron chi connectivity index (χ4n) is 2.33. The highest BCUT2D eigenvalue weighted by molar-refractivity contribution is 4.99. The van der Waals surface area contributed by atoms with Crippen molar-refractivity contribution in [1.29, 1.82) is 0 Å². The molecule has 19 heavy (non-hydrogen) atoms. The van der Waals surface area contributed by atoms with Crippen LogP contribution in [0.2, 0.25) is 0 Å². The number of rotatable bonds is 5. The number of nitrogens with one attached hydrogen (secondary N) is 1. The second-order valence-corrected chi connectivity index (χ2v) is 6.18. The Hall–Kier alpha value is -0.330. The predicted octanol–water partition coefficient (Wildman–Crippen LogP) is 2.42. The van der Waals surface area contributed by atoms with Gasteiger partial charge in [-0.2, -0.15) is 13.2 Å². The van der Waals surface area contributed by atoms with Gasteiger partial charge in [-0.25, -0.2) is 0 Å². The maximum Gasteiger partial charge on any atom is 0.411 e. The molecule has 1 saturated heterocycles. The molecule has 3 nitrogen and oxygen atoms in total. The molecule has 0 spiro atoms. The summed E-state index contributed by atoms with van der Waals surface area (Å²) in [6.45, 7) is 9.59. The van der Waals surface area contributed by atoms with Crippen LogP contribution in [-0.2, 0) is 4.74 Å².